The Bertz CT molecular complexity index is 245. The zero-order chi connectivity index (χ0) is 7.56. The maximum atomic E-state index is 12.2. The maximum absolute atomic E-state index is 12.2. The van der Waals surface area contributed by atoms with E-state index in [1.165, 1.54) is 12.1 Å². The van der Waals surface area contributed by atoms with Crippen LogP contribution in [0.2, 0.25) is 0 Å². The molecule has 0 aliphatic carbocycles. The summed E-state index contributed by atoms with van der Waals surface area (Å²) in [6.07, 6.45) is 0. The lowest BCUT2D eigenvalue weighted by atomic mass is 10.2. The molecule has 3 nitrogen and oxygen atoms in total. The molecule has 1 rings (SSSR count). The first kappa shape index (κ1) is 9.58. The van der Waals surface area contributed by atoms with E-state index in [4.69, 9.17) is 5.11 Å². The number of carbonyl (C=O) groups is 1. The Labute approximate surface area is 63.1 Å². The molecule has 0 saturated carbocycles. The summed E-state index contributed by atoms with van der Waals surface area (Å²) in [6.45, 7) is 0. The summed E-state index contributed by atoms with van der Waals surface area (Å²) < 4.78 is 12.2. The molecule has 1 aromatic rings. The SMILES string of the molecule is N.O=C(O)c1ccc(F)cc1. The van der Waals surface area contributed by atoms with Gasteiger partial charge in [0.1, 0.15) is 5.82 Å². The van der Waals surface area contributed by atoms with E-state index in [0.717, 1.165) is 12.1 Å². The van der Waals surface area contributed by atoms with Crippen LogP contribution in [0.4, 0.5) is 4.39 Å². The quantitative estimate of drug-likeness (QED) is 0.651. The van der Waals surface area contributed by atoms with E-state index in [-0.39, 0.29) is 11.7 Å². The smallest absolute Gasteiger partial charge is 0.335 e. The first-order chi connectivity index (χ1) is 4.70. The fourth-order valence-corrected chi connectivity index (χ4v) is 0.592. The molecule has 60 valence electrons. The van der Waals surface area contributed by atoms with E-state index in [2.05, 4.69) is 0 Å². The van der Waals surface area contributed by atoms with Crippen molar-refractivity contribution in [2.75, 3.05) is 0 Å². The summed E-state index contributed by atoms with van der Waals surface area (Å²) in [5.74, 6) is -1.47. The van der Waals surface area contributed by atoms with Crippen LogP contribution < -0.4 is 6.15 Å². The molecule has 1 aromatic carbocycles. The van der Waals surface area contributed by atoms with Crippen LogP contribution in [0.25, 0.3) is 0 Å². The Morgan fingerprint density at radius 2 is 1.73 bits per heavy atom. The fraction of sp³-hybridized carbons (Fsp3) is 0. The number of halogens is 1. The zero-order valence-corrected chi connectivity index (χ0v) is 5.75. The molecule has 11 heavy (non-hydrogen) atoms. The molecule has 0 bridgehead atoms. The standard InChI is InChI=1S/C7H5FO2.H3N/c8-6-3-1-5(2-4-6)7(9)10;/h1-4H,(H,9,10);1H3. The van der Waals surface area contributed by atoms with Crippen LogP contribution in [-0.2, 0) is 0 Å². The van der Waals surface area contributed by atoms with Crippen molar-refractivity contribution in [3.63, 3.8) is 0 Å². The van der Waals surface area contributed by atoms with E-state index >= 15 is 0 Å². The summed E-state index contributed by atoms with van der Waals surface area (Å²) in [6, 6.07) is 4.67. The first-order valence-electron chi connectivity index (χ1n) is 2.69. The molecule has 0 heterocycles. The van der Waals surface area contributed by atoms with Gasteiger partial charge in [-0.15, -0.1) is 0 Å². The van der Waals surface area contributed by atoms with Gasteiger partial charge in [0, 0.05) is 0 Å². The lowest BCUT2D eigenvalue weighted by Crippen LogP contribution is -1.94. The van der Waals surface area contributed by atoms with Crippen molar-refractivity contribution in [2.24, 2.45) is 0 Å². The minimum absolute atomic E-state index is 0. The minimum Gasteiger partial charge on any atom is -0.478 e. The Balaban J connectivity index is 0.000001000. The van der Waals surface area contributed by atoms with Gasteiger partial charge in [-0.2, -0.15) is 0 Å². The molecule has 4 N–H and O–H groups in total. The normalized spacial score (nSPS) is 8.45. The van der Waals surface area contributed by atoms with Crippen LogP contribution in [-0.4, -0.2) is 11.1 Å². The molecule has 0 aliphatic heterocycles. The fourth-order valence-electron chi connectivity index (χ4n) is 0.592. The summed E-state index contributed by atoms with van der Waals surface area (Å²) in [4.78, 5) is 10.2. The van der Waals surface area contributed by atoms with Gasteiger partial charge >= 0.3 is 5.97 Å². The molecule has 0 amide bonds. The average molecular weight is 157 g/mol. The highest BCUT2D eigenvalue weighted by atomic mass is 19.1. The average Bonchev–Trinajstić information content (AvgIpc) is 1.88. The number of benzene rings is 1. The molecular weight excluding hydrogens is 149 g/mol. The molecule has 4 heteroatoms. The Hall–Kier alpha value is -1.42. The number of aromatic carboxylic acids is 1. The van der Waals surface area contributed by atoms with Gasteiger partial charge in [0.15, 0.2) is 0 Å². The summed E-state index contributed by atoms with van der Waals surface area (Å²) in [5, 5.41) is 8.35. The Kier molecular flexibility index (Phi) is 3.20. The number of rotatable bonds is 1. The van der Waals surface area contributed by atoms with Gasteiger partial charge in [-0.25, -0.2) is 9.18 Å². The van der Waals surface area contributed by atoms with Gasteiger partial charge in [0.05, 0.1) is 5.56 Å². The van der Waals surface area contributed by atoms with Crippen LogP contribution in [0.3, 0.4) is 0 Å². The van der Waals surface area contributed by atoms with Gasteiger partial charge in [0.2, 0.25) is 0 Å². The largest absolute Gasteiger partial charge is 0.478 e. The monoisotopic (exact) mass is 157 g/mol. The number of carboxylic acids is 1. The third-order valence-electron chi connectivity index (χ3n) is 1.09. The van der Waals surface area contributed by atoms with Crippen molar-refractivity contribution < 1.29 is 14.3 Å². The lowest BCUT2D eigenvalue weighted by molar-refractivity contribution is 0.0697. The van der Waals surface area contributed by atoms with E-state index in [9.17, 15) is 9.18 Å². The second-order valence-corrected chi connectivity index (χ2v) is 1.81. The molecular formula is C7H8FNO2. The van der Waals surface area contributed by atoms with Gasteiger partial charge in [-0.3, -0.25) is 0 Å². The van der Waals surface area contributed by atoms with Crippen molar-refractivity contribution in [3.05, 3.63) is 35.6 Å². The predicted molar refractivity (Wildman–Crippen MR) is 38.4 cm³/mol. The number of carboxylic acid groups (broad SMARTS) is 1. The molecule has 0 spiro atoms. The second kappa shape index (κ2) is 3.68. The first-order valence-corrected chi connectivity index (χ1v) is 2.69. The van der Waals surface area contributed by atoms with Crippen molar-refractivity contribution >= 4 is 5.97 Å². The molecule has 0 aromatic heterocycles. The topological polar surface area (TPSA) is 72.3 Å². The van der Waals surface area contributed by atoms with Crippen LogP contribution in [0, 0.1) is 5.82 Å². The van der Waals surface area contributed by atoms with Crippen molar-refractivity contribution in [1.82, 2.24) is 6.15 Å². The van der Waals surface area contributed by atoms with E-state index in [1.807, 2.05) is 0 Å². The van der Waals surface area contributed by atoms with Gasteiger partial charge < -0.3 is 11.3 Å². The summed E-state index contributed by atoms with van der Waals surface area (Å²) in [7, 11) is 0. The summed E-state index contributed by atoms with van der Waals surface area (Å²) >= 11 is 0. The zero-order valence-electron chi connectivity index (χ0n) is 5.75. The van der Waals surface area contributed by atoms with Gasteiger partial charge in [-0.05, 0) is 24.3 Å². The number of hydrogen-bond acceptors (Lipinski definition) is 2. The van der Waals surface area contributed by atoms with Crippen LogP contribution >= 0.6 is 0 Å². The number of hydrogen-bond donors (Lipinski definition) is 2. The third-order valence-corrected chi connectivity index (χ3v) is 1.09. The highest BCUT2D eigenvalue weighted by Crippen LogP contribution is 2.01. The van der Waals surface area contributed by atoms with E-state index in [0.29, 0.717) is 0 Å². The molecule has 0 aliphatic rings. The van der Waals surface area contributed by atoms with E-state index in [1.54, 1.807) is 0 Å². The van der Waals surface area contributed by atoms with Crippen molar-refractivity contribution in [3.8, 4) is 0 Å². The Morgan fingerprint density at radius 3 is 2.09 bits per heavy atom. The molecule has 0 atom stereocenters. The van der Waals surface area contributed by atoms with Crippen molar-refractivity contribution in [1.29, 1.82) is 0 Å². The molecule has 0 unspecified atom stereocenters. The van der Waals surface area contributed by atoms with Crippen molar-refractivity contribution in [2.45, 2.75) is 0 Å². The van der Waals surface area contributed by atoms with Crippen LogP contribution in [0.5, 0.6) is 0 Å². The lowest BCUT2D eigenvalue weighted by Gasteiger charge is -1.90. The molecule has 0 fully saturated rings. The molecule has 0 saturated heterocycles. The third kappa shape index (κ3) is 2.35. The highest BCUT2D eigenvalue weighted by molar-refractivity contribution is 5.87. The second-order valence-electron chi connectivity index (χ2n) is 1.81. The van der Waals surface area contributed by atoms with E-state index < -0.39 is 11.8 Å². The minimum atomic E-state index is -1.04. The van der Waals surface area contributed by atoms with Crippen LogP contribution in [0.1, 0.15) is 10.4 Å². The van der Waals surface area contributed by atoms with Crippen LogP contribution in [0.15, 0.2) is 24.3 Å². The predicted octanol–water partition coefficient (Wildman–Crippen LogP) is 1.69. The molecule has 0 radical (unpaired) electrons. The highest BCUT2D eigenvalue weighted by Gasteiger charge is 1.99. The van der Waals surface area contributed by atoms with Gasteiger partial charge in [-0.1, -0.05) is 0 Å². The van der Waals surface area contributed by atoms with Gasteiger partial charge in [0.25, 0.3) is 0 Å². The summed E-state index contributed by atoms with van der Waals surface area (Å²) in [5.41, 5.74) is 0.0985. The Morgan fingerprint density at radius 1 is 1.27 bits per heavy atom. The maximum Gasteiger partial charge on any atom is 0.335 e.